The van der Waals surface area contributed by atoms with Gasteiger partial charge in [0, 0.05) is 12.5 Å². The van der Waals surface area contributed by atoms with Gasteiger partial charge < -0.3 is 34.6 Å². The predicted octanol–water partition coefficient (Wildman–Crippen LogP) is -0.392. The second kappa shape index (κ2) is 12.2. The number of nitrogens with zero attached hydrogens (tertiary/aromatic N) is 3. The highest BCUT2D eigenvalue weighted by Crippen LogP contribution is 2.27. The molecule has 0 aromatic heterocycles. The SMILES string of the molecule is CC(C)CO[C@H]1O[C@H](C(O)N(CC2CCCO2)C(=O)N(CCCl)N=O)[C@@H](O)[C@H](O)[C@H]1O. The lowest BCUT2D eigenvalue weighted by atomic mass is 9.97. The van der Waals surface area contributed by atoms with E-state index in [9.17, 15) is 30.1 Å². The molecule has 0 aliphatic carbocycles. The molecule has 2 unspecified atom stereocenters. The van der Waals surface area contributed by atoms with Crippen LogP contribution in [0.2, 0.25) is 0 Å². The first-order valence-corrected chi connectivity index (χ1v) is 10.8. The number of halogens is 1. The summed E-state index contributed by atoms with van der Waals surface area (Å²) >= 11 is 5.62. The zero-order chi connectivity index (χ0) is 23.1. The number of carbonyl (C=O) groups excluding carboxylic acids is 1. The molecule has 0 radical (unpaired) electrons. The van der Waals surface area contributed by atoms with E-state index in [0.717, 1.165) is 11.3 Å². The molecule has 2 aliphatic rings. The minimum atomic E-state index is -1.81. The molecule has 0 aromatic carbocycles. The van der Waals surface area contributed by atoms with E-state index >= 15 is 0 Å². The highest BCUT2D eigenvalue weighted by atomic mass is 35.5. The van der Waals surface area contributed by atoms with Gasteiger partial charge in [0.05, 0.1) is 31.1 Å². The van der Waals surface area contributed by atoms with Crippen molar-refractivity contribution in [3.05, 3.63) is 4.91 Å². The van der Waals surface area contributed by atoms with Gasteiger partial charge in [-0.3, -0.25) is 4.90 Å². The zero-order valence-corrected chi connectivity index (χ0v) is 18.4. The van der Waals surface area contributed by atoms with Crippen LogP contribution in [0.4, 0.5) is 4.79 Å². The third-order valence-electron chi connectivity index (χ3n) is 5.10. The summed E-state index contributed by atoms with van der Waals surface area (Å²) in [5, 5.41) is 45.0. The average molecular weight is 470 g/mol. The Hall–Kier alpha value is -1.12. The van der Waals surface area contributed by atoms with Gasteiger partial charge in [0.1, 0.15) is 24.4 Å². The molecule has 2 rings (SSSR count). The van der Waals surface area contributed by atoms with Gasteiger partial charge in [0.25, 0.3) is 0 Å². The smallest absolute Gasteiger partial charge is 0.345 e. The van der Waals surface area contributed by atoms with E-state index in [1.165, 1.54) is 0 Å². The van der Waals surface area contributed by atoms with E-state index in [4.69, 9.17) is 25.8 Å². The third-order valence-corrected chi connectivity index (χ3v) is 5.27. The number of ether oxygens (including phenoxy) is 3. The van der Waals surface area contributed by atoms with Crippen molar-refractivity contribution in [3.8, 4) is 0 Å². The molecule has 2 aliphatic heterocycles. The van der Waals surface area contributed by atoms with Crippen LogP contribution in [0.5, 0.6) is 0 Å². The maximum absolute atomic E-state index is 12.9. The van der Waals surface area contributed by atoms with Crippen molar-refractivity contribution in [2.45, 2.75) is 69.7 Å². The lowest BCUT2D eigenvalue weighted by Gasteiger charge is -2.44. The Balaban J connectivity index is 2.23. The van der Waals surface area contributed by atoms with Gasteiger partial charge in [-0.25, -0.2) is 4.79 Å². The number of hydrogen-bond donors (Lipinski definition) is 4. The maximum Gasteiger partial charge on any atom is 0.345 e. The quantitative estimate of drug-likeness (QED) is 0.144. The average Bonchev–Trinajstić information content (AvgIpc) is 3.26. The normalized spacial score (nSPS) is 32.1. The molecule has 0 bridgehead atoms. The molecule has 2 amide bonds. The summed E-state index contributed by atoms with van der Waals surface area (Å²) in [4.78, 5) is 24.9. The molecular formula is C18H32ClN3O9. The molecular weight excluding hydrogens is 438 g/mol. The summed E-state index contributed by atoms with van der Waals surface area (Å²) in [6.07, 6.45) is -8.72. The predicted molar refractivity (Wildman–Crippen MR) is 108 cm³/mol. The highest BCUT2D eigenvalue weighted by Gasteiger charge is 2.49. The summed E-state index contributed by atoms with van der Waals surface area (Å²) in [6.45, 7) is 4.09. The maximum atomic E-state index is 12.9. The number of amides is 2. The second-order valence-corrected chi connectivity index (χ2v) is 8.42. The molecule has 0 aromatic rings. The van der Waals surface area contributed by atoms with Crippen LogP contribution >= 0.6 is 11.6 Å². The lowest BCUT2D eigenvalue weighted by molar-refractivity contribution is -0.320. The van der Waals surface area contributed by atoms with Crippen molar-refractivity contribution in [1.29, 1.82) is 0 Å². The van der Waals surface area contributed by atoms with Crippen LogP contribution in [0.3, 0.4) is 0 Å². The Kier molecular flexibility index (Phi) is 10.3. The number of hydrogen-bond acceptors (Lipinski definition) is 10. The van der Waals surface area contributed by atoms with Crippen LogP contribution in [-0.4, -0.2) is 112 Å². The van der Waals surface area contributed by atoms with Crippen molar-refractivity contribution < 1.29 is 39.4 Å². The summed E-state index contributed by atoms with van der Waals surface area (Å²) < 4.78 is 16.5. The van der Waals surface area contributed by atoms with Crippen molar-refractivity contribution >= 4 is 17.6 Å². The third kappa shape index (κ3) is 6.68. The van der Waals surface area contributed by atoms with E-state index in [0.29, 0.717) is 18.0 Å². The van der Waals surface area contributed by atoms with E-state index < -0.39 is 49.1 Å². The van der Waals surface area contributed by atoms with Crippen LogP contribution in [-0.2, 0) is 14.2 Å². The number of rotatable bonds is 10. The molecule has 2 saturated heterocycles. The number of alkyl halides is 1. The standard InChI is InChI=1S/C18H32ClN3O9/c1-10(2)9-30-17-14(25)12(23)13(24)15(31-17)16(26)21(8-11-4-3-7-29-11)18(27)22(20-28)6-5-19/h10-17,23-26H,3-9H2,1-2H3/t11?,12-,13-,14+,15-,16?,17-/m0/s1. The Bertz CT molecular complexity index is 581. The topological polar surface area (TPSA) is 162 Å². The Morgan fingerprint density at radius 2 is 1.97 bits per heavy atom. The molecule has 2 fully saturated rings. The van der Waals surface area contributed by atoms with Crippen LogP contribution in [0.1, 0.15) is 26.7 Å². The van der Waals surface area contributed by atoms with E-state index in [-0.39, 0.29) is 31.5 Å². The molecule has 4 N–H and O–H groups in total. The Labute approximate surface area is 185 Å². The summed E-state index contributed by atoms with van der Waals surface area (Å²) in [5.41, 5.74) is 0. The fraction of sp³-hybridized carbons (Fsp3) is 0.944. The van der Waals surface area contributed by atoms with Gasteiger partial charge in [0.2, 0.25) is 0 Å². The molecule has 12 nitrogen and oxygen atoms in total. The molecule has 31 heavy (non-hydrogen) atoms. The van der Waals surface area contributed by atoms with Crippen LogP contribution in [0.25, 0.3) is 0 Å². The second-order valence-electron chi connectivity index (χ2n) is 8.05. The highest BCUT2D eigenvalue weighted by molar-refractivity contribution is 6.18. The fourth-order valence-electron chi connectivity index (χ4n) is 3.43. The van der Waals surface area contributed by atoms with Crippen molar-refractivity contribution in [1.82, 2.24) is 9.91 Å². The van der Waals surface area contributed by atoms with Gasteiger partial charge in [-0.2, -0.15) is 5.01 Å². The molecule has 2 heterocycles. The van der Waals surface area contributed by atoms with E-state index in [1.54, 1.807) is 0 Å². The molecule has 0 spiro atoms. The monoisotopic (exact) mass is 469 g/mol. The first-order valence-electron chi connectivity index (χ1n) is 10.3. The van der Waals surface area contributed by atoms with Gasteiger partial charge in [-0.1, -0.05) is 13.8 Å². The van der Waals surface area contributed by atoms with Crippen molar-refractivity contribution in [3.63, 3.8) is 0 Å². The van der Waals surface area contributed by atoms with Crippen LogP contribution in [0, 0.1) is 10.8 Å². The van der Waals surface area contributed by atoms with Gasteiger partial charge in [0.15, 0.2) is 12.5 Å². The number of urea groups is 1. The van der Waals surface area contributed by atoms with Crippen LogP contribution in [0.15, 0.2) is 5.29 Å². The minimum absolute atomic E-state index is 0.0695. The number of nitroso groups, excluding NO2 is 1. The van der Waals surface area contributed by atoms with Gasteiger partial charge in [-0.05, 0) is 18.8 Å². The van der Waals surface area contributed by atoms with E-state index in [1.807, 2.05) is 13.8 Å². The molecule has 7 atom stereocenters. The van der Waals surface area contributed by atoms with Crippen molar-refractivity contribution in [2.75, 3.05) is 32.2 Å². The summed E-state index contributed by atoms with van der Waals surface area (Å²) in [7, 11) is 0. The largest absolute Gasteiger partial charge is 0.387 e. The van der Waals surface area contributed by atoms with Crippen molar-refractivity contribution in [2.24, 2.45) is 11.2 Å². The summed E-state index contributed by atoms with van der Waals surface area (Å²) in [5.74, 6) is 0.0171. The fourth-order valence-corrected chi connectivity index (χ4v) is 3.59. The van der Waals surface area contributed by atoms with Crippen LogP contribution < -0.4 is 0 Å². The Morgan fingerprint density at radius 3 is 2.52 bits per heavy atom. The lowest BCUT2D eigenvalue weighted by Crippen LogP contribution is -2.65. The van der Waals surface area contributed by atoms with Gasteiger partial charge in [-0.15, -0.1) is 16.5 Å². The Morgan fingerprint density at radius 1 is 1.26 bits per heavy atom. The number of carbonyl (C=O) groups is 1. The number of aliphatic hydroxyl groups excluding tert-OH is 4. The molecule has 13 heteroatoms. The van der Waals surface area contributed by atoms with E-state index in [2.05, 4.69) is 5.29 Å². The number of aliphatic hydroxyl groups is 4. The zero-order valence-electron chi connectivity index (χ0n) is 17.6. The molecule has 0 saturated carbocycles. The summed E-state index contributed by atoms with van der Waals surface area (Å²) in [6, 6.07) is -0.963. The molecule has 180 valence electrons. The van der Waals surface area contributed by atoms with Gasteiger partial charge >= 0.3 is 6.03 Å². The first-order chi connectivity index (χ1) is 14.7. The minimum Gasteiger partial charge on any atom is -0.387 e. The first kappa shape index (κ1) is 26.1.